The molecule has 0 bridgehead atoms. The first-order valence-corrected chi connectivity index (χ1v) is 9.60. The summed E-state index contributed by atoms with van der Waals surface area (Å²) in [6, 6.07) is -0.0345. The molecule has 1 saturated carbocycles. The molecular formula is C15H28N2O2S. The second-order valence-electron chi connectivity index (χ2n) is 6.54. The highest BCUT2D eigenvalue weighted by molar-refractivity contribution is 7.84. The van der Waals surface area contributed by atoms with Crippen molar-refractivity contribution in [1.82, 2.24) is 10.2 Å². The van der Waals surface area contributed by atoms with Gasteiger partial charge in [-0.2, -0.15) is 0 Å². The van der Waals surface area contributed by atoms with Crippen LogP contribution in [0.1, 0.15) is 46.0 Å². The lowest BCUT2D eigenvalue weighted by Crippen LogP contribution is -2.43. The van der Waals surface area contributed by atoms with E-state index in [0.717, 1.165) is 13.0 Å². The maximum atomic E-state index is 12.6. The van der Waals surface area contributed by atoms with Crippen molar-refractivity contribution in [2.24, 2.45) is 11.8 Å². The minimum atomic E-state index is -0.766. The van der Waals surface area contributed by atoms with E-state index in [4.69, 9.17) is 0 Å². The molecule has 1 aliphatic heterocycles. The van der Waals surface area contributed by atoms with Gasteiger partial charge >= 0.3 is 0 Å². The maximum absolute atomic E-state index is 12.6. The van der Waals surface area contributed by atoms with Gasteiger partial charge in [0.2, 0.25) is 5.91 Å². The fourth-order valence-corrected chi connectivity index (χ4v) is 4.03. The van der Waals surface area contributed by atoms with Gasteiger partial charge in [-0.25, -0.2) is 0 Å². The Labute approximate surface area is 125 Å². The van der Waals surface area contributed by atoms with Crippen molar-refractivity contribution >= 4 is 16.7 Å². The fourth-order valence-electron chi connectivity index (χ4n) is 3.49. The molecule has 1 N–H and O–H groups in total. The molecule has 1 saturated heterocycles. The van der Waals surface area contributed by atoms with Crippen molar-refractivity contribution in [3.63, 3.8) is 0 Å². The van der Waals surface area contributed by atoms with Crippen LogP contribution >= 0.6 is 0 Å². The van der Waals surface area contributed by atoms with E-state index in [0.29, 0.717) is 17.6 Å². The Hall–Kier alpha value is -0.420. The molecule has 4 nitrogen and oxygen atoms in total. The zero-order valence-electron chi connectivity index (χ0n) is 12.9. The van der Waals surface area contributed by atoms with E-state index in [1.165, 1.54) is 25.7 Å². The summed E-state index contributed by atoms with van der Waals surface area (Å²) in [6.45, 7) is 4.95. The quantitative estimate of drug-likeness (QED) is 0.813. The molecule has 2 fully saturated rings. The average Bonchev–Trinajstić information content (AvgIpc) is 2.97. The molecule has 2 aliphatic rings. The molecule has 0 aromatic rings. The standard InChI is InChI=1S/C15H28N2O2S/c1-11(2)13-15(18)17(9-6-10-20(3)19)14(16-13)12-7-4-5-8-12/h11-14,16H,4-10H2,1-3H3. The summed E-state index contributed by atoms with van der Waals surface area (Å²) >= 11 is 0. The Morgan fingerprint density at radius 2 is 2.00 bits per heavy atom. The third-order valence-corrected chi connectivity index (χ3v) is 5.44. The number of carbonyl (C=O) groups is 1. The number of hydrogen-bond acceptors (Lipinski definition) is 3. The molecular weight excluding hydrogens is 272 g/mol. The predicted octanol–water partition coefficient (Wildman–Crippen LogP) is 1.73. The van der Waals surface area contributed by atoms with E-state index >= 15 is 0 Å². The van der Waals surface area contributed by atoms with Crippen LogP contribution in [0.15, 0.2) is 0 Å². The van der Waals surface area contributed by atoms with E-state index in [1.807, 2.05) is 4.90 Å². The molecule has 116 valence electrons. The number of amides is 1. The molecule has 0 spiro atoms. The summed E-state index contributed by atoms with van der Waals surface area (Å²) in [5.74, 6) is 1.87. The highest BCUT2D eigenvalue weighted by Gasteiger charge is 2.43. The largest absolute Gasteiger partial charge is 0.325 e. The molecule has 2 rings (SSSR count). The van der Waals surface area contributed by atoms with Gasteiger partial charge in [-0.1, -0.05) is 26.7 Å². The predicted molar refractivity (Wildman–Crippen MR) is 82.8 cm³/mol. The first-order chi connectivity index (χ1) is 9.50. The second kappa shape index (κ2) is 7.03. The SMILES string of the molecule is CC(C)C1NC(C2CCCC2)N(CCCS(C)=O)C1=O. The topological polar surface area (TPSA) is 49.4 Å². The number of nitrogens with zero attached hydrogens (tertiary/aromatic N) is 1. The van der Waals surface area contributed by atoms with Crippen LogP contribution in [0, 0.1) is 11.8 Å². The van der Waals surface area contributed by atoms with E-state index in [2.05, 4.69) is 19.2 Å². The molecule has 1 aliphatic carbocycles. The molecule has 3 atom stereocenters. The summed E-state index contributed by atoms with van der Waals surface area (Å²) in [7, 11) is -0.766. The summed E-state index contributed by atoms with van der Waals surface area (Å²) in [4.78, 5) is 14.6. The number of carbonyl (C=O) groups excluding carboxylic acids is 1. The van der Waals surface area contributed by atoms with E-state index in [9.17, 15) is 9.00 Å². The Bertz CT molecular complexity index is 367. The number of nitrogens with one attached hydrogen (secondary N) is 1. The van der Waals surface area contributed by atoms with E-state index < -0.39 is 10.8 Å². The van der Waals surface area contributed by atoms with Gasteiger partial charge in [0.1, 0.15) is 0 Å². The highest BCUT2D eigenvalue weighted by atomic mass is 32.2. The van der Waals surface area contributed by atoms with Gasteiger partial charge < -0.3 is 4.90 Å². The molecule has 3 unspecified atom stereocenters. The van der Waals surface area contributed by atoms with Crippen molar-refractivity contribution in [2.45, 2.75) is 58.2 Å². The van der Waals surface area contributed by atoms with Crippen LogP contribution in [0.3, 0.4) is 0 Å². The Kier molecular flexibility index (Phi) is 5.61. The zero-order valence-corrected chi connectivity index (χ0v) is 13.7. The molecule has 5 heteroatoms. The van der Waals surface area contributed by atoms with Gasteiger partial charge in [0, 0.05) is 29.4 Å². The first kappa shape index (κ1) is 16.0. The lowest BCUT2D eigenvalue weighted by Gasteiger charge is -2.29. The van der Waals surface area contributed by atoms with Gasteiger partial charge in [0.15, 0.2) is 0 Å². The smallest absolute Gasteiger partial charge is 0.241 e. The molecule has 1 amide bonds. The van der Waals surface area contributed by atoms with Crippen molar-refractivity contribution in [2.75, 3.05) is 18.6 Å². The summed E-state index contributed by atoms with van der Waals surface area (Å²) in [5.41, 5.74) is 0. The van der Waals surface area contributed by atoms with Gasteiger partial charge in [-0.3, -0.25) is 14.3 Å². The molecule has 0 radical (unpaired) electrons. The summed E-state index contributed by atoms with van der Waals surface area (Å²) < 4.78 is 11.2. The van der Waals surface area contributed by atoms with Crippen LogP contribution in [0.5, 0.6) is 0 Å². The van der Waals surface area contributed by atoms with Crippen LogP contribution in [0.2, 0.25) is 0 Å². The van der Waals surface area contributed by atoms with Gasteiger partial charge in [0.05, 0.1) is 12.2 Å². The van der Waals surface area contributed by atoms with E-state index in [-0.39, 0.29) is 18.1 Å². The minimum absolute atomic E-state index is 0.0345. The molecule has 0 aromatic carbocycles. The van der Waals surface area contributed by atoms with Gasteiger partial charge in [-0.05, 0) is 31.1 Å². The number of rotatable bonds is 6. The molecule has 0 aromatic heterocycles. The van der Waals surface area contributed by atoms with Crippen LogP contribution < -0.4 is 5.32 Å². The molecule has 1 heterocycles. The maximum Gasteiger partial charge on any atom is 0.241 e. The number of hydrogen-bond donors (Lipinski definition) is 1. The Morgan fingerprint density at radius 3 is 2.55 bits per heavy atom. The van der Waals surface area contributed by atoms with Crippen molar-refractivity contribution in [3.8, 4) is 0 Å². The lowest BCUT2D eigenvalue weighted by molar-refractivity contribution is -0.131. The Balaban J connectivity index is 2.02. The van der Waals surface area contributed by atoms with Crippen LogP contribution in [0.25, 0.3) is 0 Å². The van der Waals surface area contributed by atoms with Crippen LogP contribution in [-0.4, -0.2) is 45.8 Å². The van der Waals surface area contributed by atoms with Crippen molar-refractivity contribution in [1.29, 1.82) is 0 Å². The Morgan fingerprint density at radius 1 is 1.35 bits per heavy atom. The fraction of sp³-hybridized carbons (Fsp3) is 0.933. The van der Waals surface area contributed by atoms with Crippen molar-refractivity contribution < 1.29 is 9.00 Å². The van der Waals surface area contributed by atoms with Crippen LogP contribution in [-0.2, 0) is 15.6 Å². The summed E-state index contributed by atoms with van der Waals surface area (Å²) in [6.07, 6.45) is 7.81. The minimum Gasteiger partial charge on any atom is -0.325 e. The first-order valence-electron chi connectivity index (χ1n) is 7.87. The highest BCUT2D eigenvalue weighted by Crippen LogP contribution is 2.33. The average molecular weight is 300 g/mol. The third-order valence-electron chi connectivity index (χ3n) is 4.58. The van der Waals surface area contributed by atoms with Gasteiger partial charge in [-0.15, -0.1) is 0 Å². The lowest BCUT2D eigenvalue weighted by atomic mass is 10.0. The third kappa shape index (κ3) is 3.61. The van der Waals surface area contributed by atoms with Crippen LogP contribution in [0.4, 0.5) is 0 Å². The van der Waals surface area contributed by atoms with Crippen molar-refractivity contribution in [3.05, 3.63) is 0 Å². The van der Waals surface area contributed by atoms with Gasteiger partial charge in [0.25, 0.3) is 0 Å². The summed E-state index contributed by atoms with van der Waals surface area (Å²) in [5, 5.41) is 3.57. The monoisotopic (exact) mass is 300 g/mol. The zero-order chi connectivity index (χ0) is 14.7. The molecule has 20 heavy (non-hydrogen) atoms. The van der Waals surface area contributed by atoms with E-state index in [1.54, 1.807) is 6.26 Å². The second-order valence-corrected chi connectivity index (χ2v) is 8.09. The normalized spacial score (nSPS) is 29.6.